The van der Waals surface area contributed by atoms with Crippen LogP contribution in [0.3, 0.4) is 0 Å². The summed E-state index contributed by atoms with van der Waals surface area (Å²) in [7, 11) is 0. The van der Waals surface area contributed by atoms with Crippen LogP contribution in [0.2, 0.25) is 0 Å². The van der Waals surface area contributed by atoms with E-state index in [-0.39, 0.29) is 6.10 Å². The molecule has 0 aromatic carbocycles. The first-order valence-corrected chi connectivity index (χ1v) is 4.52. The zero-order chi connectivity index (χ0) is 7.40. The Hall–Kier alpha value is -0.0400. The van der Waals surface area contributed by atoms with Crippen LogP contribution in [0.4, 0.5) is 0 Å². The predicted molar refractivity (Wildman–Crippen MR) is 42.9 cm³/mol. The highest BCUT2D eigenvalue weighted by Crippen LogP contribution is 2.31. The third-order valence-corrected chi connectivity index (χ3v) is 2.56. The Morgan fingerprint density at radius 1 is 1.30 bits per heavy atom. The van der Waals surface area contributed by atoms with Crippen LogP contribution in [0.25, 0.3) is 0 Å². The molecule has 0 heterocycles. The van der Waals surface area contributed by atoms with Crippen LogP contribution < -0.4 is 0 Å². The number of rotatable bonds is 4. The number of unbranched alkanes of at least 4 members (excludes halogenated alkanes) is 2. The van der Waals surface area contributed by atoms with Gasteiger partial charge in [0.1, 0.15) is 0 Å². The Morgan fingerprint density at radius 3 is 2.50 bits per heavy atom. The van der Waals surface area contributed by atoms with Gasteiger partial charge in [-0.05, 0) is 25.2 Å². The smallest absolute Gasteiger partial charge is 0.0568 e. The fourth-order valence-corrected chi connectivity index (χ4v) is 1.54. The summed E-state index contributed by atoms with van der Waals surface area (Å²) in [6.07, 6.45) is 7.58. The van der Waals surface area contributed by atoms with Crippen molar-refractivity contribution in [1.29, 1.82) is 0 Å². The van der Waals surface area contributed by atoms with Crippen molar-refractivity contribution in [3.05, 3.63) is 0 Å². The lowest BCUT2D eigenvalue weighted by molar-refractivity contribution is 0.0182. The molecule has 1 nitrogen and oxygen atoms in total. The maximum absolute atomic E-state index is 9.21. The highest BCUT2D eigenvalue weighted by atomic mass is 16.3. The van der Waals surface area contributed by atoms with Crippen molar-refractivity contribution in [3.8, 4) is 0 Å². The summed E-state index contributed by atoms with van der Waals surface area (Å²) < 4.78 is 0. The van der Waals surface area contributed by atoms with Crippen molar-refractivity contribution in [1.82, 2.24) is 0 Å². The molecule has 0 radical (unpaired) electrons. The molecule has 1 saturated carbocycles. The van der Waals surface area contributed by atoms with Crippen LogP contribution >= 0.6 is 0 Å². The average Bonchev–Trinajstić information content (AvgIpc) is 1.95. The van der Waals surface area contributed by atoms with Crippen molar-refractivity contribution >= 4 is 0 Å². The van der Waals surface area contributed by atoms with E-state index < -0.39 is 0 Å². The first-order valence-electron chi connectivity index (χ1n) is 4.52. The van der Waals surface area contributed by atoms with Crippen molar-refractivity contribution in [2.24, 2.45) is 5.92 Å². The average molecular weight is 142 g/mol. The Bertz CT molecular complexity index is 90.7. The van der Waals surface area contributed by atoms with E-state index in [4.69, 9.17) is 0 Å². The van der Waals surface area contributed by atoms with Crippen LogP contribution in [-0.4, -0.2) is 11.2 Å². The van der Waals surface area contributed by atoms with E-state index in [9.17, 15) is 5.11 Å². The summed E-state index contributed by atoms with van der Waals surface area (Å²) in [6, 6.07) is 0. The number of hydrogen-bond donors (Lipinski definition) is 1. The highest BCUT2D eigenvalue weighted by Gasteiger charge is 2.27. The fraction of sp³-hybridized carbons (Fsp3) is 1.00. The first-order chi connectivity index (χ1) is 4.84. The van der Waals surface area contributed by atoms with Crippen LogP contribution in [0.5, 0.6) is 0 Å². The molecule has 0 saturated heterocycles. The minimum Gasteiger partial charge on any atom is -0.393 e. The lowest BCUT2D eigenvalue weighted by atomic mass is 9.79. The first kappa shape index (κ1) is 8.06. The van der Waals surface area contributed by atoms with Crippen molar-refractivity contribution < 1.29 is 5.11 Å². The lowest BCUT2D eigenvalue weighted by Gasteiger charge is -2.32. The molecule has 0 aromatic heterocycles. The summed E-state index contributed by atoms with van der Waals surface area (Å²) in [5.74, 6) is 0.659. The van der Waals surface area contributed by atoms with E-state index >= 15 is 0 Å². The van der Waals surface area contributed by atoms with Crippen molar-refractivity contribution in [2.75, 3.05) is 0 Å². The number of aliphatic hydroxyl groups is 1. The molecule has 10 heavy (non-hydrogen) atoms. The van der Waals surface area contributed by atoms with Gasteiger partial charge >= 0.3 is 0 Å². The van der Waals surface area contributed by atoms with Crippen molar-refractivity contribution in [3.63, 3.8) is 0 Å². The highest BCUT2D eigenvalue weighted by molar-refractivity contribution is 4.79. The van der Waals surface area contributed by atoms with E-state index in [1.54, 1.807) is 0 Å². The Morgan fingerprint density at radius 2 is 2.10 bits per heavy atom. The van der Waals surface area contributed by atoms with Gasteiger partial charge in [-0.1, -0.05) is 26.2 Å². The minimum atomic E-state index is 0.0526. The minimum absolute atomic E-state index is 0.0526. The lowest BCUT2D eigenvalue weighted by Crippen LogP contribution is -2.30. The molecule has 2 atom stereocenters. The largest absolute Gasteiger partial charge is 0.393 e. The van der Waals surface area contributed by atoms with Gasteiger partial charge in [-0.3, -0.25) is 0 Å². The quantitative estimate of drug-likeness (QED) is 0.597. The molecule has 2 unspecified atom stereocenters. The molecule has 0 amide bonds. The van der Waals surface area contributed by atoms with Gasteiger partial charge in [0.2, 0.25) is 0 Å². The fourth-order valence-electron chi connectivity index (χ4n) is 1.54. The van der Waals surface area contributed by atoms with Crippen LogP contribution in [0.15, 0.2) is 0 Å². The molecular formula is C9H18O. The zero-order valence-electron chi connectivity index (χ0n) is 6.84. The molecule has 1 aliphatic carbocycles. The van der Waals surface area contributed by atoms with Gasteiger partial charge in [0, 0.05) is 0 Å². The summed E-state index contributed by atoms with van der Waals surface area (Å²) in [4.78, 5) is 0. The molecule has 0 spiro atoms. The monoisotopic (exact) mass is 142 g/mol. The van der Waals surface area contributed by atoms with Gasteiger partial charge in [0.25, 0.3) is 0 Å². The van der Waals surface area contributed by atoms with Crippen LogP contribution in [-0.2, 0) is 0 Å². The maximum atomic E-state index is 9.21. The Labute approximate surface area is 63.4 Å². The Kier molecular flexibility index (Phi) is 3.20. The molecule has 1 N–H and O–H groups in total. The van der Waals surface area contributed by atoms with Gasteiger partial charge in [-0.15, -0.1) is 0 Å². The van der Waals surface area contributed by atoms with Gasteiger partial charge in [-0.2, -0.15) is 0 Å². The second-order valence-electron chi connectivity index (χ2n) is 3.40. The van der Waals surface area contributed by atoms with E-state index in [0.29, 0.717) is 5.92 Å². The Balaban J connectivity index is 1.92. The van der Waals surface area contributed by atoms with Gasteiger partial charge in [-0.25, -0.2) is 0 Å². The molecule has 0 aliphatic heterocycles. The second-order valence-corrected chi connectivity index (χ2v) is 3.40. The zero-order valence-corrected chi connectivity index (χ0v) is 6.84. The van der Waals surface area contributed by atoms with Crippen molar-refractivity contribution in [2.45, 2.75) is 51.6 Å². The molecule has 1 heteroatoms. The number of aliphatic hydroxyl groups excluding tert-OH is 1. The molecule has 1 rings (SSSR count). The number of hydrogen-bond acceptors (Lipinski definition) is 1. The molecule has 60 valence electrons. The summed E-state index contributed by atoms with van der Waals surface area (Å²) >= 11 is 0. The molecular weight excluding hydrogens is 124 g/mol. The topological polar surface area (TPSA) is 20.2 Å². The normalized spacial score (nSPS) is 31.8. The van der Waals surface area contributed by atoms with Gasteiger partial charge in [0.15, 0.2) is 0 Å². The predicted octanol–water partition coefficient (Wildman–Crippen LogP) is 2.34. The molecule has 1 fully saturated rings. The third-order valence-electron chi connectivity index (χ3n) is 2.56. The standard InChI is InChI=1S/C9H18O/c1-2-3-4-5-8-6-7-9(8)10/h8-10H,2-7H2,1H3. The summed E-state index contributed by atoms with van der Waals surface area (Å²) in [5, 5.41) is 9.21. The molecule has 0 bridgehead atoms. The van der Waals surface area contributed by atoms with E-state index in [1.165, 1.54) is 32.1 Å². The van der Waals surface area contributed by atoms with Crippen LogP contribution in [0, 0.1) is 5.92 Å². The second kappa shape index (κ2) is 3.97. The molecule has 0 aromatic rings. The van der Waals surface area contributed by atoms with Crippen LogP contribution in [0.1, 0.15) is 45.4 Å². The van der Waals surface area contributed by atoms with E-state index in [0.717, 1.165) is 6.42 Å². The van der Waals surface area contributed by atoms with E-state index in [1.807, 2.05) is 0 Å². The summed E-state index contributed by atoms with van der Waals surface area (Å²) in [6.45, 7) is 2.22. The van der Waals surface area contributed by atoms with Gasteiger partial charge in [0.05, 0.1) is 6.10 Å². The SMILES string of the molecule is CCCCCC1CCC1O. The van der Waals surface area contributed by atoms with E-state index in [2.05, 4.69) is 6.92 Å². The third kappa shape index (κ3) is 1.98. The van der Waals surface area contributed by atoms with Gasteiger partial charge < -0.3 is 5.11 Å². The molecule has 1 aliphatic rings. The maximum Gasteiger partial charge on any atom is 0.0568 e. The summed E-state index contributed by atoms with van der Waals surface area (Å²) in [5.41, 5.74) is 0.